The molecule has 29 heavy (non-hydrogen) atoms. The first-order chi connectivity index (χ1) is 14.1. The number of aryl methyl sites for hydroxylation is 1. The van der Waals surface area contributed by atoms with Gasteiger partial charge in [-0.1, -0.05) is 55.0 Å². The predicted molar refractivity (Wildman–Crippen MR) is 114 cm³/mol. The van der Waals surface area contributed by atoms with Gasteiger partial charge in [-0.25, -0.2) is 4.98 Å². The van der Waals surface area contributed by atoms with Gasteiger partial charge in [-0.2, -0.15) is 4.52 Å². The minimum absolute atomic E-state index is 0.0151. The summed E-state index contributed by atoms with van der Waals surface area (Å²) in [4.78, 5) is 32.2. The van der Waals surface area contributed by atoms with Gasteiger partial charge in [0.15, 0.2) is 0 Å². The maximum Gasteiger partial charge on any atom is 0.275 e. The molecule has 7 nitrogen and oxygen atoms in total. The summed E-state index contributed by atoms with van der Waals surface area (Å²) >= 11 is 1.44. The Morgan fingerprint density at radius 1 is 1.24 bits per heavy atom. The van der Waals surface area contributed by atoms with E-state index in [0.717, 1.165) is 55.2 Å². The van der Waals surface area contributed by atoms with Crippen molar-refractivity contribution in [3.63, 3.8) is 0 Å². The highest BCUT2D eigenvalue weighted by Gasteiger charge is 2.26. The number of carbonyl (C=O) groups is 1. The highest BCUT2D eigenvalue weighted by molar-refractivity contribution is 7.20. The second kappa shape index (κ2) is 8.73. The SMILES string of the molecule is CCCc1cc(=O)n2nc(N3CCC(C(=O)NCc4ccccc4)CC3)sc2n1. The van der Waals surface area contributed by atoms with Gasteiger partial charge in [-0.05, 0) is 24.8 Å². The quantitative estimate of drug-likeness (QED) is 0.675. The first-order valence-corrected chi connectivity index (χ1v) is 10.9. The van der Waals surface area contributed by atoms with Crippen molar-refractivity contribution in [1.29, 1.82) is 0 Å². The van der Waals surface area contributed by atoms with Crippen LogP contribution >= 0.6 is 11.3 Å². The number of hydrogen-bond donors (Lipinski definition) is 1. The number of rotatable bonds is 6. The zero-order chi connectivity index (χ0) is 20.2. The van der Waals surface area contributed by atoms with E-state index in [1.54, 1.807) is 6.07 Å². The number of amides is 1. The van der Waals surface area contributed by atoms with Crippen LogP contribution < -0.4 is 15.8 Å². The summed E-state index contributed by atoms with van der Waals surface area (Å²) in [5.41, 5.74) is 1.80. The first kappa shape index (κ1) is 19.6. The Bertz CT molecular complexity index is 1040. The molecule has 152 valence electrons. The highest BCUT2D eigenvalue weighted by atomic mass is 32.1. The van der Waals surface area contributed by atoms with Gasteiger partial charge >= 0.3 is 0 Å². The molecule has 0 bridgehead atoms. The molecular weight excluding hydrogens is 386 g/mol. The van der Waals surface area contributed by atoms with Crippen LogP contribution in [-0.4, -0.2) is 33.6 Å². The first-order valence-electron chi connectivity index (χ1n) is 10.1. The molecule has 0 unspecified atom stereocenters. The predicted octanol–water partition coefficient (Wildman–Crippen LogP) is 2.64. The van der Waals surface area contributed by atoms with E-state index in [1.807, 2.05) is 30.3 Å². The van der Waals surface area contributed by atoms with E-state index >= 15 is 0 Å². The number of nitrogens with zero attached hydrogens (tertiary/aromatic N) is 4. The molecule has 0 radical (unpaired) electrons. The van der Waals surface area contributed by atoms with Crippen LogP contribution in [0.25, 0.3) is 4.96 Å². The van der Waals surface area contributed by atoms with E-state index in [2.05, 4.69) is 27.2 Å². The molecule has 3 heterocycles. The number of aromatic nitrogens is 3. The smallest absolute Gasteiger partial charge is 0.275 e. The lowest BCUT2D eigenvalue weighted by Crippen LogP contribution is -2.40. The molecule has 2 aromatic heterocycles. The number of hydrogen-bond acceptors (Lipinski definition) is 6. The average Bonchev–Trinajstić information content (AvgIpc) is 3.18. The van der Waals surface area contributed by atoms with E-state index < -0.39 is 0 Å². The van der Waals surface area contributed by atoms with Crippen LogP contribution in [0, 0.1) is 5.92 Å². The molecule has 4 rings (SSSR count). The second-order valence-corrected chi connectivity index (χ2v) is 8.31. The summed E-state index contributed by atoms with van der Waals surface area (Å²) in [6.07, 6.45) is 3.30. The van der Waals surface area contributed by atoms with Crippen molar-refractivity contribution >= 4 is 27.3 Å². The third-order valence-corrected chi connectivity index (χ3v) is 6.21. The summed E-state index contributed by atoms with van der Waals surface area (Å²) in [5.74, 6) is 0.126. The summed E-state index contributed by atoms with van der Waals surface area (Å²) in [7, 11) is 0. The van der Waals surface area contributed by atoms with Gasteiger partial charge in [0.25, 0.3) is 5.56 Å². The minimum atomic E-state index is -0.129. The Morgan fingerprint density at radius 2 is 2.00 bits per heavy atom. The van der Waals surface area contributed by atoms with Gasteiger partial charge in [0.05, 0.1) is 0 Å². The maximum absolute atomic E-state index is 12.5. The Labute approximate surface area is 173 Å². The molecule has 0 spiro atoms. The van der Waals surface area contributed by atoms with Crippen molar-refractivity contribution in [2.24, 2.45) is 5.92 Å². The molecule has 0 saturated carbocycles. The van der Waals surface area contributed by atoms with Gasteiger partial charge in [-0.15, -0.1) is 5.10 Å². The standard InChI is InChI=1S/C21H25N5O2S/c1-2-6-17-13-18(27)26-20(23-17)29-21(24-26)25-11-9-16(10-12-25)19(28)22-14-15-7-4-3-5-8-15/h3-5,7-8,13,16H,2,6,9-12,14H2,1H3,(H,22,28). The molecule has 0 aliphatic carbocycles. The number of fused-ring (bicyclic) bond motifs is 1. The minimum Gasteiger partial charge on any atom is -0.352 e. The lowest BCUT2D eigenvalue weighted by atomic mass is 9.96. The van der Waals surface area contributed by atoms with Gasteiger partial charge in [0, 0.05) is 37.3 Å². The molecule has 1 aliphatic rings. The molecule has 3 aromatic rings. The number of anilines is 1. The van der Waals surface area contributed by atoms with Crippen LogP contribution in [0.3, 0.4) is 0 Å². The van der Waals surface area contributed by atoms with Crippen LogP contribution in [0.1, 0.15) is 37.4 Å². The van der Waals surface area contributed by atoms with Crippen molar-refractivity contribution in [1.82, 2.24) is 19.9 Å². The van der Waals surface area contributed by atoms with E-state index in [9.17, 15) is 9.59 Å². The molecule has 1 fully saturated rings. The molecule has 1 amide bonds. The normalized spacial score (nSPS) is 15.0. The lowest BCUT2D eigenvalue weighted by molar-refractivity contribution is -0.125. The number of nitrogens with one attached hydrogen (secondary N) is 1. The Hall–Kier alpha value is -2.74. The van der Waals surface area contributed by atoms with Gasteiger partial charge in [-0.3, -0.25) is 9.59 Å². The molecule has 0 atom stereocenters. The highest BCUT2D eigenvalue weighted by Crippen LogP contribution is 2.27. The third kappa shape index (κ3) is 4.48. The van der Waals surface area contributed by atoms with Gasteiger partial charge < -0.3 is 10.2 Å². The monoisotopic (exact) mass is 411 g/mol. The largest absolute Gasteiger partial charge is 0.352 e. The molecule has 1 saturated heterocycles. The lowest BCUT2D eigenvalue weighted by Gasteiger charge is -2.30. The molecule has 1 aliphatic heterocycles. The number of piperidine rings is 1. The van der Waals surface area contributed by atoms with Crippen molar-refractivity contribution in [3.8, 4) is 0 Å². The summed E-state index contributed by atoms with van der Waals surface area (Å²) < 4.78 is 1.39. The van der Waals surface area contributed by atoms with Crippen molar-refractivity contribution in [2.75, 3.05) is 18.0 Å². The van der Waals surface area contributed by atoms with Gasteiger partial charge in [0.1, 0.15) is 0 Å². The summed E-state index contributed by atoms with van der Waals surface area (Å²) in [5, 5.41) is 8.31. The third-order valence-electron chi connectivity index (χ3n) is 5.24. The van der Waals surface area contributed by atoms with Crippen LogP contribution in [-0.2, 0) is 17.8 Å². The molecular formula is C21H25N5O2S. The number of carbonyl (C=O) groups excluding carboxylic acids is 1. The summed E-state index contributed by atoms with van der Waals surface area (Å²) in [6, 6.07) is 11.5. The zero-order valence-electron chi connectivity index (χ0n) is 16.5. The van der Waals surface area contributed by atoms with Crippen molar-refractivity contribution in [3.05, 3.63) is 58.0 Å². The fraction of sp³-hybridized carbons (Fsp3) is 0.429. The molecule has 1 N–H and O–H groups in total. The molecule has 1 aromatic carbocycles. The zero-order valence-corrected chi connectivity index (χ0v) is 17.3. The van der Waals surface area contributed by atoms with Crippen LogP contribution in [0.15, 0.2) is 41.2 Å². The van der Waals surface area contributed by atoms with Gasteiger partial charge in [0.2, 0.25) is 16.0 Å². The van der Waals surface area contributed by atoms with E-state index in [0.29, 0.717) is 11.5 Å². The van der Waals surface area contributed by atoms with Crippen molar-refractivity contribution in [2.45, 2.75) is 39.2 Å². The molecule has 8 heteroatoms. The maximum atomic E-state index is 12.5. The van der Waals surface area contributed by atoms with E-state index in [-0.39, 0.29) is 17.4 Å². The second-order valence-electron chi connectivity index (χ2n) is 7.38. The topological polar surface area (TPSA) is 79.6 Å². The fourth-order valence-electron chi connectivity index (χ4n) is 3.62. The average molecular weight is 412 g/mol. The van der Waals surface area contributed by atoms with E-state index in [4.69, 9.17) is 0 Å². The van der Waals surface area contributed by atoms with E-state index in [1.165, 1.54) is 15.9 Å². The Kier molecular flexibility index (Phi) is 5.89. The Morgan fingerprint density at radius 3 is 2.72 bits per heavy atom. The fourth-order valence-corrected chi connectivity index (χ4v) is 4.60. The van der Waals surface area contributed by atoms with Crippen molar-refractivity contribution < 1.29 is 4.79 Å². The number of benzene rings is 1. The van der Waals surface area contributed by atoms with Crippen LogP contribution in [0.4, 0.5) is 5.13 Å². The summed E-state index contributed by atoms with van der Waals surface area (Å²) in [6.45, 7) is 4.13. The van der Waals surface area contributed by atoms with Crippen LogP contribution in [0.5, 0.6) is 0 Å². The Balaban J connectivity index is 1.37. The van der Waals surface area contributed by atoms with Crippen LogP contribution in [0.2, 0.25) is 0 Å².